The highest BCUT2D eigenvalue weighted by atomic mass is 35.5. The van der Waals surface area contributed by atoms with E-state index in [1.165, 1.54) is 4.80 Å². The standard InChI is InChI=1S/C19H20ClN5O/c1-3-13-8-7-9-14(4-2)18(13)21-17(26)12-25-23-19(22-24-25)15-10-5-6-11-16(15)20/h5-11H,3-4,12H2,1-2H3,(H,21,26). The predicted octanol–water partition coefficient (Wildman–Crippen LogP) is 3.76. The van der Waals surface area contributed by atoms with Crippen molar-refractivity contribution in [1.82, 2.24) is 20.2 Å². The highest BCUT2D eigenvalue weighted by molar-refractivity contribution is 6.33. The van der Waals surface area contributed by atoms with E-state index in [0.717, 1.165) is 29.7 Å². The van der Waals surface area contributed by atoms with Crippen LogP contribution in [0.15, 0.2) is 42.5 Å². The number of rotatable bonds is 6. The summed E-state index contributed by atoms with van der Waals surface area (Å²) in [5.74, 6) is 0.204. The first-order chi connectivity index (χ1) is 12.6. The van der Waals surface area contributed by atoms with E-state index in [1.807, 2.05) is 36.4 Å². The van der Waals surface area contributed by atoms with Gasteiger partial charge in [0.05, 0.1) is 5.02 Å². The summed E-state index contributed by atoms with van der Waals surface area (Å²) in [6.07, 6.45) is 1.70. The number of benzene rings is 2. The molecule has 1 amide bonds. The minimum atomic E-state index is -0.191. The second kappa shape index (κ2) is 8.10. The van der Waals surface area contributed by atoms with Gasteiger partial charge in [-0.2, -0.15) is 4.80 Å². The minimum absolute atomic E-state index is 0.0152. The molecule has 0 unspecified atom stereocenters. The molecule has 0 fully saturated rings. The smallest absolute Gasteiger partial charge is 0.248 e. The second-order valence-electron chi connectivity index (χ2n) is 5.83. The average Bonchev–Trinajstić information content (AvgIpc) is 3.10. The normalized spacial score (nSPS) is 10.7. The van der Waals surface area contributed by atoms with Crippen LogP contribution in [0.5, 0.6) is 0 Å². The molecule has 3 rings (SSSR count). The van der Waals surface area contributed by atoms with E-state index >= 15 is 0 Å². The van der Waals surface area contributed by atoms with Gasteiger partial charge >= 0.3 is 0 Å². The number of nitrogens with one attached hydrogen (secondary N) is 1. The van der Waals surface area contributed by atoms with Gasteiger partial charge in [0.25, 0.3) is 0 Å². The van der Waals surface area contributed by atoms with E-state index in [9.17, 15) is 4.79 Å². The molecule has 3 aromatic rings. The molecule has 0 aliphatic carbocycles. The summed E-state index contributed by atoms with van der Waals surface area (Å²) >= 11 is 6.15. The number of carbonyl (C=O) groups is 1. The van der Waals surface area contributed by atoms with Crippen molar-refractivity contribution < 1.29 is 4.79 Å². The first-order valence-corrected chi connectivity index (χ1v) is 8.93. The Morgan fingerprint density at radius 3 is 2.42 bits per heavy atom. The van der Waals surface area contributed by atoms with Crippen molar-refractivity contribution in [2.75, 3.05) is 5.32 Å². The zero-order chi connectivity index (χ0) is 18.5. The van der Waals surface area contributed by atoms with Gasteiger partial charge in [0, 0.05) is 11.3 Å². The maximum absolute atomic E-state index is 12.5. The van der Waals surface area contributed by atoms with E-state index in [0.29, 0.717) is 16.4 Å². The number of aromatic nitrogens is 4. The summed E-state index contributed by atoms with van der Waals surface area (Å²) < 4.78 is 0. The number of nitrogens with zero attached hydrogens (tertiary/aromatic N) is 4. The molecule has 0 atom stereocenters. The molecule has 0 spiro atoms. The van der Waals surface area contributed by atoms with Crippen LogP contribution in [-0.4, -0.2) is 26.1 Å². The molecule has 6 nitrogen and oxygen atoms in total. The topological polar surface area (TPSA) is 72.7 Å². The van der Waals surface area contributed by atoms with Gasteiger partial charge in [-0.05, 0) is 41.3 Å². The highest BCUT2D eigenvalue weighted by Crippen LogP contribution is 2.24. The number of halogens is 1. The lowest BCUT2D eigenvalue weighted by Crippen LogP contribution is -2.22. The maximum Gasteiger partial charge on any atom is 0.248 e. The van der Waals surface area contributed by atoms with Crippen molar-refractivity contribution in [3.05, 3.63) is 58.6 Å². The van der Waals surface area contributed by atoms with Gasteiger partial charge in [0.2, 0.25) is 11.7 Å². The maximum atomic E-state index is 12.5. The molecule has 26 heavy (non-hydrogen) atoms. The third kappa shape index (κ3) is 3.91. The lowest BCUT2D eigenvalue weighted by atomic mass is 10.0. The lowest BCUT2D eigenvalue weighted by Gasteiger charge is -2.14. The van der Waals surface area contributed by atoms with Gasteiger partial charge in [-0.1, -0.05) is 55.8 Å². The quantitative estimate of drug-likeness (QED) is 0.718. The number of para-hydroxylation sites is 1. The summed E-state index contributed by atoms with van der Waals surface area (Å²) in [6.45, 7) is 4.12. The Morgan fingerprint density at radius 2 is 1.77 bits per heavy atom. The molecule has 0 saturated heterocycles. The Balaban J connectivity index is 1.75. The van der Waals surface area contributed by atoms with Crippen LogP contribution in [0.1, 0.15) is 25.0 Å². The van der Waals surface area contributed by atoms with E-state index in [4.69, 9.17) is 11.6 Å². The molecule has 1 aromatic heterocycles. The van der Waals surface area contributed by atoms with E-state index < -0.39 is 0 Å². The summed E-state index contributed by atoms with van der Waals surface area (Å²) in [6, 6.07) is 13.3. The average molecular weight is 370 g/mol. The Hall–Kier alpha value is -2.73. The van der Waals surface area contributed by atoms with Crippen LogP contribution in [0.2, 0.25) is 5.02 Å². The largest absolute Gasteiger partial charge is 0.324 e. The first kappa shape index (κ1) is 18.1. The Morgan fingerprint density at radius 1 is 1.08 bits per heavy atom. The second-order valence-corrected chi connectivity index (χ2v) is 6.24. The van der Waals surface area contributed by atoms with E-state index in [2.05, 4.69) is 34.6 Å². The lowest BCUT2D eigenvalue weighted by molar-refractivity contribution is -0.117. The molecule has 0 aliphatic heterocycles. The number of anilines is 1. The van der Waals surface area contributed by atoms with Gasteiger partial charge in [0.15, 0.2) is 0 Å². The number of hydrogen-bond acceptors (Lipinski definition) is 4. The SMILES string of the molecule is CCc1cccc(CC)c1NC(=O)Cn1nnc(-c2ccccc2Cl)n1. The highest BCUT2D eigenvalue weighted by Gasteiger charge is 2.14. The summed E-state index contributed by atoms with van der Waals surface area (Å²) in [4.78, 5) is 13.7. The molecular formula is C19H20ClN5O. The minimum Gasteiger partial charge on any atom is -0.324 e. The van der Waals surface area contributed by atoms with E-state index in [1.54, 1.807) is 6.07 Å². The Labute approximate surface area is 157 Å². The van der Waals surface area contributed by atoms with Gasteiger partial charge in [-0.25, -0.2) is 0 Å². The fraction of sp³-hybridized carbons (Fsp3) is 0.263. The van der Waals surface area contributed by atoms with Crippen LogP contribution in [0, 0.1) is 0 Å². The molecule has 0 aliphatic rings. The van der Waals surface area contributed by atoms with Crippen molar-refractivity contribution in [2.24, 2.45) is 0 Å². The third-order valence-electron chi connectivity index (χ3n) is 4.12. The van der Waals surface area contributed by atoms with Crippen LogP contribution in [0.25, 0.3) is 11.4 Å². The molecule has 0 radical (unpaired) electrons. The summed E-state index contributed by atoms with van der Waals surface area (Å²) in [5, 5.41) is 15.7. The van der Waals surface area contributed by atoms with Crippen LogP contribution in [-0.2, 0) is 24.2 Å². The molecular weight excluding hydrogens is 350 g/mol. The number of amides is 1. The molecule has 1 N–H and O–H groups in total. The number of aryl methyl sites for hydroxylation is 2. The van der Waals surface area contributed by atoms with Crippen molar-refractivity contribution >= 4 is 23.2 Å². The first-order valence-electron chi connectivity index (χ1n) is 8.55. The van der Waals surface area contributed by atoms with Gasteiger partial charge in [-0.3, -0.25) is 4.79 Å². The molecule has 2 aromatic carbocycles. The van der Waals surface area contributed by atoms with Crippen LogP contribution < -0.4 is 5.32 Å². The van der Waals surface area contributed by atoms with Crippen LogP contribution >= 0.6 is 11.6 Å². The molecule has 7 heteroatoms. The van der Waals surface area contributed by atoms with Crippen molar-refractivity contribution in [3.8, 4) is 11.4 Å². The van der Waals surface area contributed by atoms with Gasteiger partial charge in [0.1, 0.15) is 6.54 Å². The van der Waals surface area contributed by atoms with E-state index in [-0.39, 0.29) is 12.5 Å². The number of tetrazole rings is 1. The molecule has 134 valence electrons. The van der Waals surface area contributed by atoms with Crippen molar-refractivity contribution in [3.63, 3.8) is 0 Å². The molecule has 0 bridgehead atoms. The molecule has 0 saturated carbocycles. The summed E-state index contributed by atoms with van der Waals surface area (Å²) in [5.41, 5.74) is 3.79. The van der Waals surface area contributed by atoms with Gasteiger partial charge in [-0.15, -0.1) is 10.2 Å². The zero-order valence-electron chi connectivity index (χ0n) is 14.7. The number of carbonyl (C=O) groups excluding carboxylic acids is 1. The van der Waals surface area contributed by atoms with Crippen molar-refractivity contribution in [2.45, 2.75) is 33.2 Å². The zero-order valence-corrected chi connectivity index (χ0v) is 15.5. The molecule has 1 heterocycles. The predicted molar refractivity (Wildman–Crippen MR) is 102 cm³/mol. The third-order valence-corrected chi connectivity index (χ3v) is 4.45. The fourth-order valence-electron chi connectivity index (χ4n) is 2.77. The van der Waals surface area contributed by atoms with Crippen molar-refractivity contribution in [1.29, 1.82) is 0 Å². The number of hydrogen-bond donors (Lipinski definition) is 1. The fourth-order valence-corrected chi connectivity index (χ4v) is 2.99. The van der Waals surface area contributed by atoms with Crippen LogP contribution in [0.4, 0.5) is 5.69 Å². The van der Waals surface area contributed by atoms with Crippen LogP contribution in [0.3, 0.4) is 0 Å². The Bertz CT molecular complexity index is 900. The monoisotopic (exact) mass is 369 g/mol. The Kier molecular flexibility index (Phi) is 5.63. The summed E-state index contributed by atoms with van der Waals surface area (Å²) in [7, 11) is 0. The van der Waals surface area contributed by atoms with Gasteiger partial charge < -0.3 is 5.32 Å².